The topological polar surface area (TPSA) is 64.6 Å². The van der Waals surface area contributed by atoms with Crippen molar-refractivity contribution in [2.24, 2.45) is 0 Å². The van der Waals surface area contributed by atoms with Crippen LogP contribution >= 0.6 is 0 Å². The summed E-state index contributed by atoms with van der Waals surface area (Å²) in [6.45, 7) is 3.67. The van der Waals surface area contributed by atoms with Gasteiger partial charge in [0.15, 0.2) is 6.67 Å². The number of ether oxygens (including phenoxy) is 1. The third-order valence-corrected chi connectivity index (χ3v) is 5.82. The number of nitrogens with zero attached hydrogens (tertiary/aromatic N) is 2. The monoisotopic (exact) mass is 381 g/mol. The minimum Gasteiger partial charge on any atom is -0.626 e. The minimum atomic E-state index is -0.337. The van der Waals surface area contributed by atoms with Gasteiger partial charge in [0, 0.05) is 18.7 Å². The molecule has 2 aliphatic heterocycles. The smallest absolute Gasteiger partial charge is 0.305 e. The van der Waals surface area contributed by atoms with Gasteiger partial charge in [0.05, 0.1) is 13.7 Å². The summed E-state index contributed by atoms with van der Waals surface area (Å²) < 4.78 is 4.34. The molecule has 0 aliphatic carbocycles. The van der Waals surface area contributed by atoms with Gasteiger partial charge in [0.1, 0.15) is 12.2 Å². The van der Waals surface area contributed by atoms with Crippen molar-refractivity contribution >= 4 is 17.3 Å². The van der Waals surface area contributed by atoms with Crippen LogP contribution in [0.5, 0.6) is 0 Å². The van der Waals surface area contributed by atoms with Gasteiger partial charge in [-0.3, -0.25) is 4.79 Å². The summed E-state index contributed by atoms with van der Waals surface area (Å²) in [7, 11) is 1.40. The molecule has 1 N–H and O–H groups in total. The van der Waals surface area contributed by atoms with Crippen molar-refractivity contribution < 1.29 is 9.53 Å². The molecule has 1 fully saturated rings. The van der Waals surface area contributed by atoms with E-state index in [9.17, 15) is 10.0 Å². The van der Waals surface area contributed by atoms with Crippen LogP contribution in [0.15, 0.2) is 42.5 Å². The maximum absolute atomic E-state index is 13.4. The Hall–Kier alpha value is -2.41. The van der Waals surface area contributed by atoms with E-state index in [-0.39, 0.29) is 10.6 Å². The van der Waals surface area contributed by atoms with Gasteiger partial charge in [-0.1, -0.05) is 18.2 Å². The molecule has 2 aliphatic rings. The summed E-state index contributed by atoms with van der Waals surface area (Å²) in [5, 5.41) is 16.8. The predicted octanol–water partition coefficient (Wildman–Crippen LogP) is 2.72. The predicted molar refractivity (Wildman–Crippen MR) is 111 cm³/mol. The summed E-state index contributed by atoms with van der Waals surface area (Å²) in [4.78, 5) is 13.5. The van der Waals surface area contributed by atoms with Gasteiger partial charge in [-0.05, 0) is 60.3 Å². The fraction of sp³-hybridized carbons (Fsp3) is 0.409. The highest BCUT2D eigenvalue weighted by Crippen LogP contribution is 2.31. The maximum Gasteiger partial charge on any atom is 0.305 e. The molecule has 0 radical (unpaired) electrons. The molecule has 0 aromatic heterocycles. The Labute approximate surface area is 165 Å². The summed E-state index contributed by atoms with van der Waals surface area (Å²) in [5.41, 5.74) is 5.71. The van der Waals surface area contributed by atoms with E-state index >= 15 is 0 Å². The van der Waals surface area contributed by atoms with E-state index in [0.29, 0.717) is 26.1 Å². The minimum absolute atomic E-state index is 0.215. The van der Waals surface area contributed by atoms with Crippen molar-refractivity contribution in [3.8, 4) is 0 Å². The van der Waals surface area contributed by atoms with Crippen LogP contribution in [-0.4, -0.2) is 39.4 Å². The first kappa shape index (κ1) is 18.9. The molecule has 0 bridgehead atoms. The van der Waals surface area contributed by atoms with E-state index in [4.69, 9.17) is 0 Å². The van der Waals surface area contributed by atoms with E-state index in [2.05, 4.69) is 33.2 Å². The molecule has 0 spiro atoms. The number of fused-ring (bicyclic) bond motifs is 1. The number of hydroxylamine groups is 2. The van der Waals surface area contributed by atoms with Crippen LogP contribution in [-0.2, 0) is 28.9 Å². The molecule has 0 saturated carbocycles. The summed E-state index contributed by atoms with van der Waals surface area (Å²) in [5.74, 6) is -0.215. The average molecular weight is 381 g/mol. The molecule has 1 unspecified atom stereocenters. The molecule has 1 saturated heterocycles. The Bertz CT molecular complexity index is 853. The lowest BCUT2D eigenvalue weighted by molar-refractivity contribution is -0.140. The Kier molecular flexibility index (Phi) is 5.35. The molecule has 2 heterocycles. The van der Waals surface area contributed by atoms with Gasteiger partial charge < -0.3 is 24.8 Å². The van der Waals surface area contributed by atoms with Crippen molar-refractivity contribution in [3.63, 3.8) is 0 Å². The van der Waals surface area contributed by atoms with Crippen molar-refractivity contribution in [1.82, 2.24) is 9.96 Å². The van der Waals surface area contributed by atoms with E-state index in [1.54, 1.807) is 0 Å². The largest absolute Gasteiger partial charge is 0.626 e. The standard InChI is InChI=1S/C22H27N3O3/c1-28-22(26)9-4-17-2-7-21(8-3-17)25(27)13-12-24(16-25)20-6-5-19-15-23-11-10-18(19)14-20/h2-3,5-8,14,23H,4,9-13,15-16H2,1H3. The lowest BCUT2D eigenvalue weighted by Gasteiger charge is -2.37. The van der Waals surface area contributed by atoms with Crippen molar-refractivity contribution in [3.05, 3.63) is 64.4 Å². The normalized spacial score (nSPS) is 21.4. The van der Waals surface area contributed by atoms with Crippen LogP contribution in [0.3, 0.4) is 0 Å². The number of carbonyl (C=O) groups excluding carboxylic acids is 1. The van der Waals surface area contributed by atoms with Gasteiger partial charge >= 0.3 is 5.97 Å². The average Bonchev–Trinajstić information content (AvgIpc) is 3.15. The number of esters is 1. The van der Waals surface area contributed by atoms with Gasteiger partial charge in [-0.25, -0.2) is 0 Å². The highest BCUT2D eigenvalue weighted by Gasteiger charge is 2.32. The van der Waals surface area contributed by atoms with Crippen LogP contribution < -0.4 is 14.9 Å². The highest BCUT2D eigenvalue weighted by atomic mass is 16.6. The van der Waals surface area contributed by atoms with E-state index in [0.717, 1.165) is 43.0 Å². The van der Waals surface area contributed by atoms with Gasteiger partial charge in [0.2, 0.25) is 0 Å². The van der Waals surface area contributed by atoms with Crippen LogP contribution in [0.4, 0.5) is 11.4 Å². The second-order valence-corrected chi connectivity index (χ2v) is 7.64. The van der Waals surface area contributed by atoms with Crippen molar-refractivity contribution in [2.75, 3.05) is 38.3 Å². The first-order chi connectivity index (χ1) is 13.6. The number of methoxy groups -OCH3 is 1. The number of aryl methyl sites for hydroxylation is 1. The number of benzene rings is 2. The number of hydrogen-bond donors (Lipinski definition) is 1. The van der Waals surface area contributed by atoms with Crippen molar-refractivity contribution in [2.45, 2.75) is 25.8 Å². The third-order valence-electron chi connectivity index (χ3n) is 5.82. The van der Waals surface area contributed by atoms with Crippen LogP contribution in [0.2, 0.25) is 0 Å². The molecular weight excluding hydrogens is 354 g/mol. The zero-order valence-electron chi connectivity index (χ0n) is 16.3. The van der Waals surface area contributed by atoms with Gasteiger partial charge in [0.25, 0.3) is 0 Å². The lowest BCUT2D eigenvalue weighted by atomic mass is 10.0. The molecule has 6 heteroatoms. The Morgan fingerprint density at radius 1 is 1.21 bits per heavy atom. The Morgan fingerprint density at radius 3 is 2.82 bits per heavy atom. The van der Waals surface area contributed by atoms with E-state index in [1.807, 2.05) is 24.3 Å². The van der Waals surface area contributed by atoms with E-state index in [1.165, 1.54) is 18.2 Å². The molecule has 2 aromatic rings. The molecular formula is C22H27N3O3. The Balaban J connectivity index is 1.44. The first-order valence-electron chi connectivity index (χ1n) is 9.89. The zero-order valence-corrected chi connectivity index (χ0v) is 16.3. The van der Waals surface area contributed by atoms with Gasteiger partial charge in [-0.2, -0.15) is 0 Å². The third kappa shape index (κ3) is 3.90. The Morgan fingerprint density at radius 2 is 2.04 bits per heavy atom. The zero-order chi connectivity index (χ0) is 19.6. The second-order valence-electron chi connectivity index (χ2n) is 7.64. The second kappa shape index (κ2) is 7.91. The number of hydrogen-bond acceptors (Lipinski definition) is 5. The number of anilines is 1. The first-order valence-corrected chi connectivity index (χ1v) is 9.89. The fourth-order valence-electron chi connectivity index (χ4n) is 4.06. The van der Waals surface area contributed by atoms with E-state index < -0.39 is 0 Å². The number of quaternary nitrogens is 1. The molecule has 148 valence electrons. The number of rotatable bonds is 5. The maximum atomic E-state index is 13.4. The van der Waals surface area contributed by atoms with Crippen LogP contribution in [0.25, 0.3) is 0 Å². The summed E-state index contributed by atoms with van der Waals surface area (Å²) in [6.07, 6.45) is 2.03. The highest BCUT2D eigenvalue weighted by molar-refractivity contribution is 5.69. The summed E-state index contributed by atoms with van der Waals surface area (Å²) in [6, 6.07) is 14.3. The van der Waals surface area contributed by atoms with Crippen molar-refractivity contribution in [1.29, 1.82) is 0 Å². The fourth-order valence-corrected chi connectivity index (χ4v) is 4.06. The van der Waals surface area contributed by atoms with Crippen LogP contribution in [0, 0.1) is 5.21 Å². The van der Waals surface area contributed by atoms with Gasteiger partial charge in [-0.15, -0.1) is 0 Å². The molecule has 0 amide bonds. The molecule has 4 rings (SSSR count). The SMILES string of the molecule is COC(=O)CCc1ccc([N+]2([O-])CCN(c3ccc4c(c3)CCNC4)C2)cc1. The quantitative estimate of drug-likeness (QED) is 0.490. The molecule has 2 aromatic carbocycles. The number of nitrogens with one attached hydrogen (secondary N) is 1. The molecule has 1 atom stereocenters. The number of carbonyl (C=O) groups is 1. The molecule has 6 nitrogen and oxygen atoms in total. The summed E-state index contributed by atoms with van der Waals surface area (Å²) >= 11 is 0. The lowest BCUT2D eigenvalue weighted by Crippen LogP contribution is -2.42. The van der Waals surface area contributed by atoms with Crippen LogP contribution in [0.1, 0.15) is 23.1 Å². The molecule has 28 heavy (non-hydrogen) atoms.